The molecule has 0 aliphatic carbocycles. The average Bonchev–Trinajstić information content (AvgIpc) is 2.91. The SMILES string of the molecule is CCOC(=O)C1=C(C)NC(=O)N[C@@H]1c1ccc(OCC(=O)N/N=C\c2ccc(OC)c([N+](=O)[O-])c2)c(OC)c1. The molecule has 1 aliphatic heterocycles. The highest BCUT2D eigenvalue weighted by molar-refractivity contribution is 5.95. The monoisotopic (exact) mass is 541 g/mol. The Bertz CT molecular complexity index is 1340. The highest BCUT2D eigenvalue weighted by atomic mass is 16.6. The van der Waals surface area contributed by atoms with Crippen molar-refractivity contribution in [1.29, 1.82) is 0 Å². The van der Waals surface area contributed by atoms with Gasteiger partial charge in [0, 0.05) is 17.3 Å². The van der Waals surface area contributed by atoms with Crippen molar-refractivity contribution >= 4 is 29.8 Å². The molecule has 2 aromatic rings. The van der Waals surface area contributed by atoms with Gasteiger partial charge in [0.15, 0.2) is 23.9 Å². The van der Waals surface area contributed by atoms with E-state index in [0.29, 0.717) is 16.8 Å². The van der Waals surface area contributed by atoms with Gasteiger partial charge in [0.2, 0.25) is 0 Å². The highest BCUT2D eigenvalue weighted by Gasteiger charge is 2.32. The zero-order valence-electron chi connectivity index (χ0n) is 21.6. The number of hydrazone groups is 1. The number of nitrogens with zero attached hydrogens (tertiary/aromatic N) is 2. The second-order valence-corrected chi connectivity index (χ2v) is 7.97. The normalized spacial score (nSPS) is 14.8. The van der Waals surface area contributed by atoms with Gasteiger partial charge < -0.3 is 29.6 Å². The van der Waals surface area contributed by atoms with Crippen molar-refractivity contribution in [1.82, 2.24) is 16.1 Å². The zero-order valence-corrected chi connectivity index (χ0v) is 21.6. The highest BCUT2D eigenvalue weighted by Crippen LogP contribution is 2.34. The Labute approximate surface area is 223 Å². The summed E-state index contributed by atoms with van der Waals surface area (Å²) < 4.78 is 21.0. The van der Waals surface area contributed by atoms with Crippen LogP contribution in [0.25, 0.3) is 0 Å². The summed E-state index contributed by atoms with van der Waals surface area (Å²) in [7, 11) is 2.72. The summed E-state index contributed by atoms with van der Waals surface area (Å²) in [5.74, 6) is -0.601. The van der Waals surface area contributed by atoms with E-state index in [1.165, 1.54) is 38.6 Å². The summed E-state index contributed by atoms with van der Waals surface area (Å²) in [4.78, 5) is 47.4. The standard InChI is InChI=1S/C25H27N5O9/c1-5-38-24(32)22-14(2)27-25(33)28-23(22)16-7-9-19(20(11-16)37-4)39-13-21(31)29-26-12-15-6-8-18(36-3)17(10-15)30(34)35/h6-12,23H,5,13H2,1-4H3,(H,29,31)(H2,27,28,33)/b26-12-/t23-/m1/s1. The summed E-state index contributed by atoms with van der Waals surface area (Å²) in [6, 6.07) is 7.66. The van der Waals surface area contributed by atoms with Crippen LogP contribution in [0.3, 0.4) is 0 Å². The van der Waals surface area contributed by atoms with Gasteiger partial charge in [-0.1, -0.05) is 6.07 Å². The maximum absolute atomic E-state index is 12.5. The van der Waals surface area contributed by atoms with Gasteiger partial charge in [0.05, 0.1) is 43.6 Å². The van der Waals surface area contributed by atoms with Crippen LogP contribution in [0.4, 0.5) is 10.5 Å². The van der Waals surface area contributed by atoms with Crippen molar-refractivity contribution in [2.75, 3.05) is 27.4 Å². The number of carbonyl (C=O) groups is 3. The predicted octanol–water partition coefficient (Wildman–Crippen LogP) is 2.33. The van der Waals surface area contributed by atoms with Gasteiger partial charge in [0.1, 0.15) is 0 Å². The van der Waals surface area contributed by atoms with Crippen molar-refractivity contribution in [2.24, 2.45) is 5.10 Å². The third kappa shape index (κ3) is 7.00. The Kier molecular flexibility index (Phi) is 9.40. The lowest BCUT2D eigenvalue weighted by atomic mass is 9.95. The number of nitro groups is 1. The Balaban J connectivity index is 1.68. The van der Waals surface area contributed by atoms with E-state index in [1.807, 2.05) is 0 Å². The number of hydrogen-bond donors (Lipinski definition) is 3. The molecule has 0 bridgehead atoms. The molecule has 3 rings (SSSR count). The summed E-state index contributed by atoms with van der Waals surface area (Å²) >= 11 is 0. The molecule has 1 aliphatic rings. The van der Waals surface area contributed by atoms with Crippen LogP contribution in [0.2, 0.25) is 0 Å². The first-order chi connectivity index (χ1) is 18.7. The van der Waals surface area contributed by atoms with Crippen LogP contribution < -0.4 is 30.3 Å². The predicted molar refractivity (Wildman–Crippen MR) is 138 cm³/mol. The Hall–Kier alpha value is -5.14. The average molecular weight is 542 g/mol. The zero-order chi connectivity index (χ0) is 28.5. The maximum atomic E-state index is 12.5. The van der Waals surface area contributed by atoms with E-state index in [9.17, 15) is 24.5 Å². The molecular weight excluding hydrogens is 514 g/mol. The molecule has 14 heteroatoms. The minimum absolute atomic E-state index is 0.0976. The van der Waals surface area contributed by atoms with Crippen LogP contribution in [0.5, 0.6) is 17.2 Å². The first kappa shape index (κ1) is 28.4. The summed E-state index contributed by atoms with van der Waals surface area (Å²) in [5.41, 5.74) is 3.54. The lowest BCUT2D eigenvalue weighted by molar-refractivity contribution is -0.385. The van der Waals surface area contributed by atoms with Gasteiger partial charge in [0.25, 0.3) is 5.91 Å². The van der Waals surface area contributed by atoms with E-state index in [-0.39, 0.29) is 35.1 Å². The molecule has 0 aromatic heterocycles. The number of hydrogen-bond acceptors (Lipinski definition) is 10. The fourth-order valence-electron chi connectivity index (χ4n) is 3.69. The Morgan fingerprint density at radius 2 is 1.85 bits per heavy atom. The number of nitrogens with one attached hydrogen (secondary N) is 3. The third-order valence-electron chi connectivity index (χ3n) is 5.45. The third-order valence-corrected chi connectivity index (χ3v) is 5.45. The van der Waals surface area contributed by atoms with Crippen molar-refractivity contribution < 1.29 is 38.3 Å². The fourth-order valence-corrected chi connectivity index (χ4v) is 3.69. The number of ether oxygens (including phenoxy) is 4. The summed E-state index contributed by atoms with van der Waals surface area (Å²) in [6.45, 7) is 3.02. The maximum Gasteiger partial charge on any atom is 0.338 e. The number of amides is 3. The molecule has 206 valence electrons. The fraction of sp³-hybridized carbons (Fsp3) is 0.280. The molecule has 0 spiro atoms. The number of nitro benzene ring substituents is 1. The molecule has 0 unspecified atom stereocenters. The number of carbonyl (C=O) groups excluding carboxylic acids is 3. The molecule has 1 atom stereocenters. The second kappa shape index (κ2) is 12.9. The molecule has 3 N–H and O–H groups in total. The molecule has 0 saturated heterocycles. The van der Waals surface area contributed by atoms with Crippen LogP contribution in [0, 0.1) is 10.1 Å². The number of esters is 1. The van der Waals surface area contributed by atoms with Gasteiger partial charge in [-0.3, -0.25) is 14.9 Å². The smallest absolute Gasteiger partial charge is 0.338 e. The van der Waals surface area contributed by atoms with Crippen molar-refractivity contribution in [3.05, 3.63) is 68.9 Å². The molecule has 39 heavy (non-hydrogen) atoms. The molecule has 1 heterocycles. The minimum atomic E-state index is -0.799. The quantitative estimate of drug-likeness (QED) is 0.167. The van der Waals surface area contributed by atoms with Crippen LogP contribution >= 0.6 is 0 Å². The minimum Gasteiger partial charge on any atom is -0.493 e. The van der Waals surface area contributed by atoms with E-state index in [0.717, 1.165) is 0 Å². The molecule has 2 aromatic carbocycles. The van der Waals surface area contributed by atoms with Gasteiger partial charge in [-0.25, -0.2) is 15.0 Å². The first-order valence-electron chi connectivity index (χ1n) is 11.6. The van der Waals surface area contributed by atoms with Crippen molar-refractivity contribution in [3.63, 3.8) is 0 Å². The van der Waals surface area contributed by atoms with Gasteiger partial charge in [-0.15, -0.1) is 0 Å². The lowest BCUT2D eigenvalue weighted by Crippen LogP contribution is -2.45. The van der Waals surface area contributed by atoms with Crippen molar-refractivity contribution in [3.8, 4) is 17.2 Å². The number of allylic oxidation sites excluding steroid dienone is 1. The van der Waals surface area contributed by atoms with E-state index in [1.54, 1.807) is 32.0 Å². The van der Waals surface area contributed by atoms with Crippen LogP contribution in [0.15, 0.2) is 52.8 Å². The van der Waals surface area contributed by atoms with Crippen molar-refractivity contribution in [2.45, 2.75) is 19.9 Å². The summed E-state index contributed by atoms with van der Waals surface area (Å²) in [5, 5.41) is 20.2. The molecule has 3 amide bonds. The van der Waals surface area contributed by atoms with Crippen LogP contribution in [-0.4, -0.2) is 56.5 Å². The lowest BCUT2D eigenvalue weighted by Gasteiger charge is -2.28. The Morgan fingerprint density at radius 3 is 2.51 bits per heavy atom. The topological polar surface area (TPSA) is 180 Å². The van der Waals surface area contributed by atoms with Gasteiger partial charge in [-0.05, 0) is 43.7 Å². The largest absolute Gasteiger partial charge is 0.493 e. The molecule has 14 nitrogen and oxygen atoms in total. The van der Waals surface area contributed by atoms with Crippen LogP contribution in [0.1, 0.15) is 31.0 Å². The molecular formula is C25H27N5O9. The van der Waals surface area contributed by atoms with Crippen LogP contribution in [-0.2, 0) is 14.3 Å². The van der Waals surface area contributed by atoms with E-state index >= 15 is 0 Å². The molecule has 0 radical (unpaired) electrons. The number of methoxy groups -OCH3 is 2. The molecule has 0 fully saturated rings. The van der Waals surface area contributed by atoms with E-state index < -0.39 is 35.5 Å². The first-order valence-corrected chi connectivity index (χ1v) is 11.6. The van der Waals surface area contributed by atoms with E-state index in [2.05, 4.69) is 21.2 Å². The second-order valence-electron chi connectivity index (χ2n) is 7.97. The summed E-state index contributed by atoms with van der Waals surface area (Å²) in [6.07, 6.45) is 1.24. The number of rotatable bonds is 11. The van der Waals surface area contributed by atoms with Gasteiger partial charge >= 0.3 is 17.7 Å². The Morgan fingerprint density at radius 1 is 1.13 bits per heavy atom. The number of benzene rings is 2. The number of urea groups is 1. The van der Waals surface area contributed by atoms with E-state index in [4.69, 9.17) is 18.9 Å². The van der Waals surface area contributed by atoms with Gasteiger partial charge in [-0.2, -0.15) is 5.10 Å². The molecule has 0 saturated carbocycles.